The van der Waals surface area contributed by atoms with Crippen LogP contribution >= 0.6 is 0 Å². The summed E-state index contributed by atoms with van der Waals surface area (Å²) >= 11 is 0. The second-order valence-electron chi connectivity index (χ2n) is 4.19. The minimum atomic E-state index is -0.140. The summed E-state index contributed by atoms with van der Waals surface area (Å²) in [5.41, 5.74) is 1.36. The van der Waals surface area contributed by atoms with Crippen LogP contribution in [0.1, 0.15) is 32.3 Å². The molecule has 0 radical (unpaired) electrons. The molecule has 0 aliphatic rings. The van der Waals surface area contributed by atoms with Crippen molar-refractivity contribution in [2.45, 2.75) is 39.2 Å². The lowest BCUT2D eigenvalue weighted by molar-refractivity contribution is 0.114. The van der Waals surface area contributed by atoms with Crippen LogP contribution in [-0.4, -0.2) is 11.2 Å². The van der Waals surface area contributed by atoms with E-state index in [0.29, 0.717) is 5.92 Å². The minimum absolute atomic E-state index is 0.140. The highest BCUT2D eigenvalue weighted by atomic mass is 16.3. The highest BCUT2D eigenvalue weighted by Gasteiger charge is 2.07. The van der Waals surface area contributed by atoms with Gasteiger partial charge < -0.3 is 5.11 Å². The van der Waals surface area contributed by atoms with E-state index in [1.807, 2.05) is 6.07 Å². The topological polar surface area (TPSA) is 20.2 Å². The molecule has 1 atom stereocenters. The van der Waals surface area contributed by atoms with E-state index in [2.05, 4.69) is 38.1 Å². The number of hydrogen-bond acceptors (Lipinski definition) is 1. The molecule has 0 unspecified atom stereocenters. The van der Waals surface area contributed by atoms with Gasteiger partial charge in [0.2, 0.25) is 0 Å². The monoisotopic (exact) mass is 192 g/mol. The molecular weight excluding hydrogens is 172 g/mol. The van der Waals surface area contributed by atoms with Crippen molar-refractivity contribution in [3.63, 3.8) is 0 Å². The summed E-state index contributed by atoms with van der Waals surface area (Å²) in [6, 6.07) is 10.4. The first-order chi connectivity index (χ1) is 6.70. The van der Waals surface area contributed by atoms with Crippen molar-refractivity contribution in [3.8, 4) is 0 Å². The summed E-state index contributed by atoms with van der Waals surface area (Å²) in [6.45, 7) is 4.13. The van der Waals surface area contributed by atoms with Gasteiger partial charge in [-0.05, 0) is 30.7 Å². The van der Waals surface area contributed by atoms with E-state index in [9.17, 15) is 5.11 Å². The summed E-state index contributed by atoms with van der Waals surface area (Å²) in [6.07, 6.45) is 2.92. The predicted molar refractivity (Wildman–Crippen MR) is 60.2 cm³/mol. The number of hydrogen-bond donors (Lipinski definition) is 1. The van der Waals surface area contributed by atoms with Crippen LogP contribution < -0.4 is 0 Å². The Morgan fingerprint density at radius 3 is 2.36 bits per heavy atom. The summed E-state index contributed by atoms with van der Waals surface area (Å²) in [7, 11) is 0. The molecule has 0 spiro atoms. The lowest BCUT2D eigenvalue weighted by Gasteiger charge is -2.13. The number of benzene rings is 1. The van der Waals surface area contributed by atoms with Crippen molar-refractivity contribution < 1.29 is 5.11 Å². The number of aliphatic hydroxyl groups is 1. The van der Waals surface area contributed by atoms with E-state index in [1.165, 1.54) is 5.56 Å². The molecule has 0 amide bonds. The van der Waals surface area contributed by atoms with Crippen molar-refractivity contribution >= 4 is 0 Å². The third kappa shape index (κ3) is 3.93. The molecule has 0 heterocycles. The average Bonchev–Trinajstić information content (AvgIpc) is 2.19. The van der Waals surface area contributed by atoms with Crippen LogP contribution in [0, 0.1) is 5.92 Å². The van der Waals surface area contributed by atoms with Gasteiger partial charge in [0.1, 0.15) is 0 Å². The van der Waals surface area contributed by atoms with E-state index in [-0.39, 0.29) is 6.10 Å². The van der Waals surface area contributed by atoms with Crippen molar-refractivity contribution in [2.24, 2.45) is 5.92 Å². The highest BCUT2D eigenvalue weighted by molar-refractivity contribution is 5.14. The summed E-state index contributed by atoms with van der Waals surface area (Å²) in [5.74, 6) is 0.380. The first kappa shape index (κ1) is 11.3. The van der Waals surface area contributed by atoms with Crippen molar-refractivity contribution in [1.82, 2.24) is 0 Å². The predicted octanol–water partition coefficient (Wildman–Crippen LogP) is 3.03. The summed E-state index contributed by atoms with van der Waals surface area (Å²) in [4.78, 5) is 0. The van der Waals surface area contributed by atoms with E-state index in [1.54, 1.807) is 0 Å². The number of aliphatic hydroxyl groups excluding tert-OH is 1. The van der Waals surface area contributed by atoms with E-state index in [4.69, 9.17) is 0 Å². The maximum Gasteiger partial charge on any atom is 0.0563 e. The van der Waals surface area contributed by atoms with Gasteiger partial charge in [-0.3, -0.25) is 0 Å². The van der Waals surface area contributed by atoms with Crippen LogP contribution in [0.15, 0.2) is 30.3 Å². The van der Waals surface area contributed by atoms with Crippen molar-refractivity contribution in [3.05, 3.63) is 35.9 Å². The maximum atomic E-state index is 9.60. The molecule has 0 aromatic heterocycles. The van der Waals surface area contributed by atoms with Gasteiger partial charge >= 0.3 is 0 Å². The molecule has 1 rings (SSSR count). The van der Waals surface area contributed by atoms with E-state index < -0.39 is 0 Å². The fourth-order valence-electron chi connectivity index (χ4n) is 1.49. The first-order valence-corrected chi connectivity index (χ1v) is 5.42. The van der Waals surface area contributed by atoms with Gasteiger partial charge in [-0.25, -0.2) is 0 Å². The molecule has 14 heavy (non-hydrogen) atoms. The Morgan fingerprint density at radius 2 is 1.79 bits per heavy atom. The molecule has 0 aliphatic carbocycles. The van der Waals surface area contributed by atoms with Gasteiger partial charge in [-0.1, -0.05) is 44.2 Å². The molecule has 0 aliphatic heterocycles. The van der Waals surface area contributed by atoms with Gasteiger partial charge in [0.05, 0.1) is 6.10 Å². The fourth-order valence-corrected chi connectivity index (χ4v) is 1.49. The Hall–Kier alpha value is -0.820. The molecule has 0 saturated heterocycles. The Bertz CT molecular complexity index is 241. The second kappa shape index (κ2) is 5.82. The van der Waals surface area contributed by atoms with Gasteiger partial charge in [-0.15, -0.1) is 0 Å². The van der Waals surface area contributed by atoms with Crippen LogP contribution in [0.5, 0.6) is 0 Å². The molecule has 1 N–H and O–H groups in total. The lowest BCUT2D eigenvalue weighted by atomic mass is 9.99. The minimum Gasteiger partial charge on any atom is -0.393 e. The van der Waals surface area contributed by atoms with Gasteiger partial charge in [0.25, 0.3) is 0 Å². The van der Waals surface area contributed by atoms with Crippen LogP contribution in [0.2, 0.25) is 0 Å². The molecular formula is C13H20O. The quantitative estimate of drug-likeness (QED) is 0.760. The average molecular weight is 192 g/mol. The summed E-state index contributed by atoms with van der Waals surface area (Å²) in [5, 5.41) is 9.60. The number of aryl methyl sites for hydroxylation is 1. The molecule has 1 nitrogen and oxygen atoms in total. The smallest absolute Gasteiger partial charge is 0.0563 e. The Balaban J connectivity index is 2.22. The van der Waals surface area contributed by atoms with Gasteiger partial charge in [0.15, 0.2) is 0 Å². The Labute approximate surface area is 86.8 Å². The highest BCUT2D eigenvalue weighted by Crippen LogP contribution is 2.11. The zero-order valence-corrected chi connectivity index (χ0v) is 9.11. The Morgan fingerprint density at radius 1 is 1.14 bits per heavy atom. The van der Waals surface area contributed by atoms with Crippen LogP contribution in [-0.2, 0) is 6.42 Å². The molecule has 1 aromatic carbocycles. The third-order valence-corrected chi connectivity index (χ3v) is 2.58. The van der Waals surface area contributed by atoms with E-state index in [0.717, 1.165) is 19.3 Å². The largest absolute Gasteiger partial charge is 0.393 e. The van der Waals surface area contributed by atoms with Gasteiger partial charge in [0, 0.05) is 0 Å². The fraction of sp³-hybridized carbons (Fsp3) is 0.538. The molecule has 0 saturated carbocycles. The van der Waals surface area contributed by atoms with Crippen LogP contribution in [0.3, 0.4) is 0 Å². The zero-order valence-electron chi connectivity index (χ0n) is 9.11. The molecule has 1 heteroatoms. The van der Waals surface area contributed by atoms with E-state index >= 15 is 0 Å². The molecule has 0 bridgehead atoms. The number of rotatable bonds is 5. The third-order valence-electron chi connectivity index (χ3n) is 2.58. The standard InChI is InChI=1S/C13H20O/c1-11(2)13(14)10-6-9-12-7-4-3-5-8-12/h3-5,7-8,11,13-14H,6,9-10H2,1-2H3/t13-/m1/s1. The lowest BCUT2D eigenvalue weighted by Crippen LogP contribution is -2.14. The Kier molecular flexibility index (Phi) is 4.68. The SMILES string of the molecule is CC(C)[C@H](O)CCCc1ccccc1. The molecule has 78 valence electrons. The molecule has 0 fully saturated rings. The van der Waals surface area contributed by atoms with Crippen LogP contribution in [0.25, 0.3) is 0 Å². The van der Waals surface area contributed by atoms with Crippen molar-refractivity contribution in [2.75, 3.05) is 0 Å². The molecule has 1 aromatic rings. The van der Waals surface area contributed by atoms with Crippen molar-refractivity contribution in [1.29, 1.82) is 0 Å². The first-order valence-electron chi connectivity index (χ1n) is 5.42. The zero-order chi connectivity index (χ0) is 10.4. The second-order valence-corrected chi connectivity index (χ2v) is 4.19. The summed E-state index contributed by atoms with van der Waals surface area (Å²) < 4.78 is 0. The normalized spacial score (nSPS) is 13.1. The maximum absolute atomic E-state index is 9.60. The van der Waals surface area contributed by atoms with Gasteiger partial charge in [-0.2, -0.15) is 0 Å². The van der Waals surface area contributed by atoms with Crippen LogP contribution in [0.4, 0.5) is 0 Å².